The molecule has 0 aliphatic carbocycles. The second-order valence-electron chi connectivity index (χ2n) is 5.13. The maximum atomic E-state index is 13.0. The topological polar surface area (TPSA) is 64.0 Å². The minimum Gasteiger partial charge on any atom is -0.358 e. The highest BCUT2D eigenvalue weighted by Gasteiger charge is 2.15. The van der Waals surface area contributed by atoms with Crippen molar-refractivity contribution in [2.24, 2.45) is 0 Å². The maximum Gasteiger partial charge on any atom is 0.266 e. The zero-order chi connectivity index (χ0) is 18.0. The van der Waals surface area contributed by atoms with Gasteiger partial charge >= 0.3 is 0 Å². The molecule has 0 spiro atoms. The first-order valence-electron chi connectivity index (χ1n) is 7.31. The van der Waals surface area contributed by atoms with E-state index in [0.29, 0.717) is 31.8 Å². The molecule has 0 saturated heterocycles. The van der Waals surface area contributed by atoms with Crippen molar-refractivity contribution < 1.29 is 4.79 Å². The number of hydrogen-bond acceptors (Lipinski definition) is 4. The molecule has 8 heteroatoms. The lowest BCUT2D eigenvalue weighted by Crippen LogP contribution is -2.24. The average Bonchev–Trinajstić information content (AvgIpc) is 2.60. The van der Waals surface area contributed by atoms with Crippen LogP contribution in [0.5, 0.6) is 0 Å². The molecule has 1 amide bonds. The number of carbonyl (C=O) groups excluding carboxylic acids is 1. The molecule has 5 nitrogen and oxygen atoms in total. The van der Waals surface area contributed by atoms with Crippen LogP contribution in [0.4, 0.5) is 0 Å². The Hall–Kier alpha value is -2.02. The summed E-state index contributed by atoms with van der Waals surface area (Å²) in [5.41, 5.74) is 0.878. The lowest BCUT2D eigenvalue weighted by atomic mass is 10.2. The van der Waals surface area contributed by atoms with Gasteiger partial charge in [-0.25, -0.2) is 4.98 Å². The number of carbonyl (C=O) groups is 1. The van der Waals surface area contributed by atoms with Crippen LogP contribution in [0.25, 0.3) is 16.6 Å². The summed E-state index contributed by atoms with van der Waals surface area (Å²) in [7, 11) is 1.56. The molecule has 1 aromatic heterocycles. The number of rotatable bonds is 4. The molecule has 0 bridgehead atoms. The summed E-state index contributed by atoms with van der Waals surface area (Å²) in [5, 5.41) is 4.46. The van der Waals surface area contributed by atoms with Crippen molar-refractivity contribution in [3.63, 3.8) is 0 Å². The predicted molar refractivity (Wildman–Crippen MR) is 102 cm³/mol. The van der Waals surface area contributed by atoms with E-state index in [9.17, 15) is 9.59 Å². The van der Waals surface area contributed by atoms with Gasteiger partial charge in [0.2, 0.25) is 5.91 Å². The Morgan fingerprint density at radius 3 is 2.52 bits per heavy atom. The van der Waals surface area contributed by atoms with Crippen LogP contribution in [0.2, 0.25) is 10.0 Å². The highest BCUT2D eigenvalue weighted by molar-refractivity contribution is 7.99. The van der Waals surface area contributed by atoms with Gasteiger partial charge in [-0.2, -0.15) is 0 Å². The minimum atomic E-state index is -0.233. The van der Waals surface area contributed by atoms with E-state index in [1.807, 2.05) is 0 Å². The molecule has 1 N–H and O–H groups in total. The van der Waals surface area contributed by atoms with Crippen LogP contribution < -0.4 is 10.9 Å². The van der Waals surface area contributed by atoms with Crippen molar-refractivity contribution in [3.8, 4) is 5.69 Å². The Morgan fingerprint density at radius 2 is 1.84 bits per heavy atom. The molecular formula is C17H13Cl2N3O2S. The summed E-state index contributed by atoms with van der Waals surface area (Å²) < 4.78 is 1.47. The van der Waals surface area contributed by atoms with Gasteiger partial charge in [-0.3, -0.25) is 14.2 Å². The monoisotopic (exact) mass is 393 g/mol. The van der Waals surface area contributed by atoms with Crippen molar-refractivity contribution in [1.82, 2.24) is 14.9 Å². The van der Waals surface area contributed by atoms with Crippen LogP contribution >= 0.6 is 35.0 Å². The van der Waals surface area contributed by atoms with E-state index >= 15 is 0 Å². The Balaban J connectivity index is 2.21. The van der Waals surface area contributed by atoms with E-state index in [-0.39, 0.29) is 17.2 Å². The van der Waals surface area contributed by atoms with Crippen LogP contribution in [0.3, 0.4) is 0 Å². The highest BCUT2D eigenvalue weighted by Crippen LogP contribution is 2.23. The van der Waals surface area contributed by atoms with Crippen LogP contribution in [-0.2, 0) is 4.79 Å². The summed E-state index contributed by atoms with van der Waals surface area (Å²) in [5.74, 6) is -0.0177. The van der Waals surface area contributed by atoms with Crippen LogP contribution in [-0.4, -0.2) is 28.3 Å². The largest absolute Gasteiger partial charge is 0.358 e. The molecule has 128 valence electrons. The van der Waals surface area contributed by atoms with Crippen molar-refractivity contribution in [2.75, 3.05) is 12.8 Å². The van der Waals surface area contributed by atoms with E-state index in [1.54, 1.807) is 49.5 Å². The van der Waals surface area contributed by atoms with Crippen molar-refractivity contribution in [2.45, 2.75) is 5.16 Å². The van der Waals surface area contributed by atoms with Gasteiger partial charge in [0.1, 0.15) is 0 Å². The molecule has 0 aliphatic rings. The van der Waals surface area contributed by atoms with Gasteiger partial charge in [-0.15, -0.1) is 0 Å². The number of nitrogens with one attached hydrogen (secondary N) is 1. The van der Waals surface area contributed by atoms with Crippen LogP contribution in [0, 0.1) is 0 Å². The normalized spacial score (nSPS) is 10.8. The van der Waals surface area contributed by atoms with Gasteiger partial charge in [-0.05, 0) is 42.5 Å². The number of benzene rings is 2. The van der Waals surface area contributed by atoms with E-state index in [4.69, 9.17) is 23.2 Å². The number of amides is 1. The number of thioether (sulfide) groups is 1. The Kier molecular flexibility index (Phi) is 5.32. The van der Waals surface area contributed by atoms with E-state index < -0.39 is 0 Å². The summed E-state index contributed by atoms with van der Waals surface area (Å²) in [4.78, 5) is 29.1. The zero-order valence-corrected chi connectivity index (χ0v) is 15.5. The van der Waals surface area contributed by atoms with Crippen LogP contribution in [0.15, 0.2) is 52.4 Å². The fourth-order valence-electron chi connectivity index (χ4n) is 2.26. The third-order valence-corrected chi connectivity index (χ3v) is 4.92. The van der Waals surface area contributed by atoms with Crippen molar-refractivity contribution >= 4 is 51.8 Å². The van der Waals surface area contributed by atoms with Gasteiger partial charge in [-0.1, -0.05) is 35.0 Å². The summed E-state index contributed by atoms with van der Waals surface area (Å²) >= 11 is 13.1. The molecule has 0 radical (unpaired) electrons. The molecule has 25 heavy (non-hydrogen) atoms. The zero-order valence-electron chi connectivity index (χ0n) is 13.1. The molecule has 0 fully saturated rings. The smallest absolute Gasteiger partial charge is 0.266 e. The highest BCUT2D eigenvalue weighted by atomic mass is 35.5. The lowest BCUT2D eigenvalue weighted by molar-refractivity contribution is -0.118. The molecule has 0 aliphatic heterocycles. The molecule has 3 aromatic rings. The average molecular weight is 394 g/mol. The Labute approximate surface area is 158 Å². The number of halogens is 2. The van der Waals surface area contributed by atoms with Crippen molar-refractivity contribution in [1.29, 1.82) is 0 Å². The SMILES string of the molecule is CNC(=O)CSc1nc2cc(Cl)ccc2c(=O)n1-c1ccc(Cl)cc1. The summed E-state index contributed by atoms with van der Waals surface area (Å²) in [6.07, 6.45) is 0. The quantitative estimate of drug-likeness (QED) is 0.543. The molecule has 0 unspecified atom stereocenters. The van der Waals surface area contributed by atoms with E-state index in [2.05, 4.69) is 10.3 Å². The Morgan fingerprint density at radius 1 is 1.16 bits per heavy atom. The first kappa shape index (κ1) is 17.8. The molecule has 3 rings (SSSR count). The second-order valence-corrected chi connectivity index (χ2v) is 6.95. The molecular weight excluding hydrogens is 381 g/mol. The van der Waals surface area contributed by atoms with E-state index in [1.165, 1.54) is 16.3 Å². The van der Waals surface area contributed by atoms with Gasteiger partial charge in [0.25, 0.3) is 5.56 Å². The van der Waals surface area contributed by atoms with Gasteiger partial charge in [0, 0.05) is 17.1 Å². The second kappa shape index (κ2) is 7.47. The standard InChI is InChI=1S/C17H13Cl2N3O2S/c1-20-15(23)9-25-17-21-14-8-11(19)4-7-13(14)16(24)22(17)12-5-2-10(18)3-6-12/h2-8H,9H2,1H3,(H,20,23). The maximum absolute atomic E-state index is 13.0. The minimum absolute atomic E-state index is 0.141. The number of nitrogens with zero attached hydrogens (tertiary/aromatic N) is 2. The third kappa shape index (κ3) is 3.81. The third-order valence-electron chi connectivity index (χ3n) is 3.50. The van der Waals surface area contributed by atoms with Crippen molar-refractivity contribution in [3.05, 3.63) is 62.9 Å². The first-order chi connectivity index (χ1) is 12.0. The number of fused-ring (bicyclic) bond motifs is 1. The molecule has 0 atom stereocenters. The lowest BCUT2D eigenvalue weighted by Gasteiger charge is -2.13. The Bertz CT molecular complexity index is 1000. The fourth-order valence-corrected chi connectivity index (χ4v) is 3.43. The van der Waals surface area contributed by atoms with Gasteiger partial charge in [0.05, 0.1) is 22.3 Å². The van der Waals surface area contributed by atoms with E-state index in [0.717, 1.165) is 0 Å². The summed E-state index contributed by atoms with van der Waals surface area (Å²) in [6.45, 7) is 0. The van der Waals surface area contributed by atoms with Gasteiger partial charge < -0.3 is 5.32 Å². The molecule has 2 aromatic carbocycles. The summed E-state index contributed by atoms with van der Waals surface area (Å²) in [6, 6.07) is 11.8. The fraction of sp³-hybridized carbons (Fsp3) is 0.118. The number of hydrogen-bond donors (Lipinski definition) is 1. The van der Waals surface area contributed by atoms with Gasteiger partial charge in [0.15, 0.2) is 5.16 Å². The molecule has 0 saturated carbocycles. The van der Waals surface area contributed by atoms with Crippen LogP contribution in [0.1, 0.15) is 0 Å². The number of aromatic nitrogens is 2. The molecule has 1 heterocycles. The first-order valence-corrected chi connectivity index (χ1v) is 9.05. The predicted octanol–water partition coefficient (Wildman–Crippen LogP) is 3.53.